The Morgan fingerprint density at radius 1 is 0.451 bits per heavy atom. The van der Waals surface area contributed by atoms with Crippen LogP contribution in [0.4, 0.5) is 0 Å². The molecular formula is C44H32S7. The molecule has 6 aliphatic carbocycles. The van der Waals surface area contributed by atoms with Gasteiger partial charge in [0.15, 0.2) is 0 Å². The SMILES string of the molecule is S=C1C(=Cc2cc3c(s2)-c2sc4c(c2C32CCCCC2)C2(CCCCC2)c2cc(C=C3C(=S)c5ccccc5C3=S)sc2-4)C(=S)c2ccccc21. The summed E-state index contributed by atoms with van der Waals surface area (Å²) in [5, 5.41) is 0. The number of hydrogen-bond acceptors (Lipinski definition) is 7. The third kappa shape index (κ3) is 4.26. The third-order valence-electron chi connectivity index (χ3n) is 12.6. The fourth-order valence-electron chi connectivity index (χ4n) is 10.4. The summed E-state index contributed by atoms with van der Waals surface area (Å²) >= 11 is 30.0. The highest BCUT2D eigenvalue weighted by atomic mass is 32.1. The summed E-state index contributed by atoms with van der Waals surface area (Å²) in [4.78, 5) is 12.3. The zero-order chi connectivity index (χ0) is 34.2. The maximum atomic E-state index is 6.00. The monoisotopic (exact) mass is 784 g/mol. The second-order valence-electron chi connectivity index (χ2n) is 15.1. The number of fused-ring (bicyclic) bond motifs is 13. The number of rotatable bonds is 2. The van der Waals surface area contributed by atoms with Crippen LogP contribution in [0.1, 0.15) is 118 Å². The number of hydrogen-bond donors (Lipinski definition) is 0. The van der Waals surface area contributed by atoms with E-state index in [1.807, 2.05) is 22.7 Å². The molecule has 6 aliphatic rings. The van der Waals surface area contributed by atoms with E-state index in [4.69, 9.17) is 48.9 Å². The summed E-state index contributed by atoms with van der Waals surface area (Å²) in [6.45, 7) is 0. The molecule has 0 atom stereocenters. The van der Waals surface area contributed by atoms with Gasteiger partial charge in [-0.25, -0.2) is 0 Å². The molecule has 3 heterocycles. The first kappa shape index (κ1) is 31.9. The van der Waals surface area contributed by atoms with E-state index in [1.54, 1.807) is 32.0 Å². The van der Waals surface area contributed by atoms with Gasteiger partial charge in [-0.2, -0.15) is 0 Å². The highest BCUT2D eigenvalue weighted by Gasteiger charge is 2.56. The summed E-state index contributed by atoms with van der Waals surface area (Å²) in [5.74, 6) is 0. The Bertz CT molecular complexity index is 2260. The molecule has 0 radical (unpaired) electrons. The Labute approximate surface area is 332 Å². The van der Waals surface area contributed by atoms with Gasteiger partial charge < -0.3 is 0 Å². The summed E-state index contributed by atoms with van der Waals surface area (Å²) in [6, 6.07) is 21.8. The molecule has 2 fully saturated rings. The van der Waals surface area contributed by atoms with Crippen LogP contribution in [0.25, 0.3) is 31.7 Å². The molecular weight excluding hydrogens is 753 g/mol. The smallest absolute Gasteiger partial charge is 0.0543 e. The van der Waals surface area contributed by atoms with Crippen LogP contribution in [-0.2, 0) is 10.8 Å². The average molecular weight is 785 g/mol. The highest BCUT2D eigenvalue weighted by molar-refractivity contribution is 7.84. The zero-order valence-electron chi connectivity index (χ0n) is 27.9. The minimum Gasteiger partial charge on any atom is -0.135 e. The number of thiophene rings is 3. The van der Waals surface area contributed by atoms with E-state index in [9.17, 15) is 0 Å². The van der Waals surface area contributed by atoms with Gasteiger partial charge in [0.2, 0.25) is 0 Å². The summed E-state index contributed by atoms with van der Waals surface area (Å²) < 4.78 is 0. The van der Waals surface area contributed by atoms with Crippen LogP contribution in [0, 0.1) is 0 Å². The molecule has 0 amide bonds. The Morgan fingerprint density at radius 3 is 1.16 bits per heavy atom. The van der Waals surface area contributed by atoms with E-state index >= 15 is 0 Å². The first-order valence-corrected chi connectivity index (χ1v) is 22.3. The molecule has 11 rings (SSSR count). The molecule has 0 saturated heterocycles. The molecule has 2 saturated carbocycles. The molecule has 0 nitrogen and oxygen atoms in total. The van der Waals surface area contributed by atoms with Crippen molar-refractivity contribution in [2.45, 2.75) is 75.0 Å². The van der Waals surface area contributed by atoms with Gasteiger partial charge in [0.1, 0.15) is 0 Å². The molecule has 3 aromatic heterocycles. The van der Waals surface area contributed by atoms with E-state index in [1.165, 1.54) is 83.7 Å². The van der Waals surface area contributed by atoms with Crippen LogP contribution in [0.2, 0.25) is 0 Å². The molecule has 2 aromatic carbocycles. The third-order valence-corrected chi connectivity index (χ3v) is 18.1. The van der Waals surface area contributed by atoms with Gasteiger partial charge in [0.05, 0.1) is 19.5 Å². The Hall–Kier alpha value is -2.62. The molecule has 0 aliphatic heterocycles. The van der Waals surface area contributed by atoms with Crippen molar-refractivity contribution in [3.8, 4) is 19.5 Å². The van der Waals surface area contributed by atoms with Crippen LogP contribution in [-0.4, -0.2) is 19.5 Å². The van der Waals surface area contributed by atoms with Crippen molar-refractivity contribution in [3.05, 3.63) is 126 Å². The van der Waals surface area contributed by atoms with Crippen LogP contribution in [0.15, 0.2) is 71.8 Å². The van der Waals surface area contributed by atoms with Crippen molar-refractivity contribution >= 4 is 114 Å². The fraction of sp³-hybridized carbons (Fsp3) is 0.273. The van der Waals surface area contributed by atoms with Crippen molar-refractivity contribution in [2.24, 2.45) is 0 Å². The summed E-state index contributed by atoms with van der Waals surface area (Å²) in [5.41, 5.74) is 13.4. The normalized spacial score (nSPS) is 20.2. The maximum Gasteiger partial charge on any atom is 0.0543 e. The van der Waals surface area contributed by atoms with Crippen molar-refractivity contribution in [2.75, 3.05) is 0 Å². The molecule has 2 spiro atoms. The van der Waals surface area contributed by atoms with Crippen LogP contribution in [0.5, 0.6) is 0 Å². The number of thiocarbonyl (C=S) groups is 4. The van der Waals surface area contributed by atoms with Gasteiger partial charge >= 0.3 is 0 Å². The lowest BCUT2D eigenvalue weighted by Crippen LogP contribution is -2.34. The fourth-order valence-corrected chi connectivity index (χ4v) is 16.1. The predicted octanol–water partition coefficient (Wildman–Crippen LogP) is 13.4. The maximum absolute atomic E-state index is 6.00. The van der Waals surface area contributed by atoms with Gasteiger partial charge in [-0.1, -0.05) is 136 Å². The lowest BCUT2D eigenvalue weighted by Gasteiger charge is -2.41. The first-order valence-electron chi connectivity index (χ1n) is 18.2. The van der Waals surface area contributed by atoms with Crippen molar-refractivity contribution in [1.29, 1.82) is 0 Å². The van der Waals surface area contributed by atoms with Crippen molar-refractivity contribution in [3.63, 3.8) is 0 Å². The van der Waals surface area contributed by atoms with Crippen molar-refractivity contribution in [1.82, 2.24) is 0 Å². The average Bonchev–Trinajstić information content (AvgIpc) is 4.01. The van der Waals surface area contributed by atoms with Gasteiger partial charge in [-0.05, 0) is 72.2 Å². The molecule has 0 unspecified atom stereocenters. The van der Waals surface area contributed by atoms with Gasteiger partial charge in [-0.3, -0.25) is 0 Å². The molecule has 51 heavy (non-hydrogen) atoms. The summed E-state index contributed by atoms with van der Waals surface area (Å²) in [7, 11) is 0. The van der Waals surface area contributed by atoms with Crippen LogP contribution >= 0.6 is 82.9 Å². The number of benzene rings is 2. The van der Waals surface area contributed by atoms with Crippen LogP contribution in [0.3, 0.4) is 0 Å². The molecule has 7 heteroatoms. The first-order chi connectivity index (χ1) is 24.9. The minimum absolute atomic E-state index is 0.108. The van der Waals surface area contributed by atoms with E-state index < -0.39 is 0 Å². The topological polar surface area (TPSA) is 0 Å². The van der Waals surface area contributed by atoms with E-state index in [0.717, 1.165) is 52.9 Å². The molecule has 0 bridgehead atoms. The quantitative estimate of drug-likeness (QED) is 0.129. The highest BCUT2D eigenvalue weighted by Crippen LogP contribution is 2.70. The Kier molecular flexibility index (Phi) is 7.15. The standard InChI is InChI=1S/C44H32S7/c45-35-25-11-3-4-12-26(25)36(46)29(35)19-23-21-31-39(49-23)41-33(43(31)15-7-1-8-16-43)34-42(51-41)40-32(44(34)17-9-2-10-18-44)22-24(50-40)20-30-37(47)27-13-5-6-14-28(27)38(30)48/h3-6,11-14,19-22H,1-2,7-10,15-18H2. The Morgan fingerprint density at radius 2 is 0.804 bits per heavy atom. The second-order valence-corrected chi connectivity index (χ2v) is 19.9. The molecule has 250 valence electrons. The lowest BCUT2D eigenvalue weighted by molar-refractivity contribution is 0.326. The van der Waals surface area contributed by atoms with E-state index in [0.29, 0.717) is 0 Å². The lowest BCUT2D eigenvalue weighted by atomic mass is 9.61. The van der Waals surface area contributed by atoms with Gasteiger partial charge in [0, 0.05) is 73.5 Å². The molecule has 0 N–H and O–H groups in total. The predicted molar refractivity (Wildman–Crippen MR) is 234 cm³/mol. The Balaban J connectivity index is 1.07. The second kappa shape index (κ2) is 11.4. The van der Waals surface area contributed by atoms with Gasteiger partial charge in [-0.15, -0.1) is 34.0 Å². The minimum atomic E-state index is 0.108. The summed E-state index contributed by atoms with van der Waals surface area (Å²) in [6.07, 6.45) is 17.5. The molecule has 5 aromatic rings. The largest absolute Gasteiger partial charge is 0.135 e. The van der Waals surface area contributed by atoms with Crippen molar-refractivity contribution < 1.29 is 0 Å². The van der Waals surface area contributed by atoms with Crippen LogP contribution < -0.4 is 0 Å². The number of allylic oxidation sites excluding steroid dienone is 2. The van der Waals surface area contributed by atoms with E-state index in [-0.39, 0.29) is 10.8 Å². The zero-order valence-corrected chi connectivity index (χ0v) is 33.6. The van der Waals surface area contributed by atoms with Gasteiger partial charge in [0.25, 0.3) is 0 Å². The van der Waals surface area contributed by atoms with E-state index in [2.05, 4.69) is 84.2 Å².